The van der Waals surface area contributed by atoms with Gasteiger partial charge in [0.25, 0.3) is 5.91 Å². The van der Waals surface area contributed by atoms with Crippen LogP contribution in [0, 0.1) is 11.3 Å². The van der Waals surface area contributed by atoms with E-state index in [1.807, 2.05) is 28.9 Å². The Morgan fingerprint density at radius 1 is 1.14 bits per heavy atom. The van der Waals surface area contributed by atoms with Crippen molar-refractivity contribution < 1.29 is 14.3 Å². The standard InChI is InChI=1S/C27H37N5O3/c1-34-24-11-8-12-25(35-2)26(24)23-19-22(30-32(23)21-9-4-5-10-21)27(33)29-20(13-15-28)14-18-31-16-6-3-7-17-31/h8,11-12,19-21H,3-7,9-10,13-14,16-18H2,1-2H3,(H,29,33). The Hall–Kier alpha value is -3.05. The van der Waals surface area contributed by atoms with Crippen molar-refractivity contribution in [2.45, 2.75) is 69.9 Å². The van der Waals surface area contributed by atoms with Crippen LogP contribution in [0.5, 0.6) is 11.5 Å². The fourth-order valence-corrected chi connectivity index (χ4v) is 5.34. The number of hydrogen-bond acceptors (Lipinski definition) is 6. The quantitative estimate of drug-likeness (QED) is 0.537. The maximum Gasteiger partial charge on any atom is 0.272 e. The number of nitrogens with zero attached hydrogens (tertiary/aromatic N) is 4. The second-order valence-corrected chi connectivity index (χ2v) is 9.56. The Labute approximate surface area is 208 Å². The van der Waals surface area contributed by atoms with Crippen molar-refractivity contribution >= 4 is 5.91 Å². The minimum Gasteiger partial charge on any atom is -0.496 e. The number of nitrogens with one attached hydrogen (secondary N) is 1. The van der Waals surface area contributed by atoms with Crippen LogP contribution in [0.2, 0.25) is 0 Å². The van der Waals surface area contributed by atoms with E-state index in [1.54, 1.807) is 14.2 Å². The zero-order valence-electron chi connectivity index (χ0n) is 21.0. The molecule has 1 aliphatic heterocycles. The van der Waals surface area contributed by atoms with Gasteiger partial charge in [-0.15, -0.1) is 0 Å². The summed E-state index contributed by atoms with van der Waals surface area (Å²) in [5.41, 5.74) is 1.98. The normalized spacial score (nSPS) is 17.6. The molecule has 0 bridgehead atoms. The highest BCUT2D eigenvalue weighted by molar-refractivity contribution is 5.94. The average molecular weight is 480 g/mol. The van der Waals surface area contributed by atoms with Crippen molar-refractivity contribution in [2.24, 2.45) is 0 Å². The number of ether oxygens (including phenoxy) is 2. The van der Waals surface area contributed by atoms with Crippen LogP contribution in [0.3, 0.4) is 0 Å². The number of carbonyl (C=O) groups excluding carboxylic acids is 1. The molecule has 2 fully saturated rings. The molecule has 1 aromatic heterocycles. The molecule has 8 nitrogen and oxygen atoms in total. The van der Waals surface area contributed by atoms with Gasteiger partial charge >= 0.3 is 0 Å². The lowest BCUT2D eigenvalue weighted by molar-refractivity contribution is 0.0925. The van der Waals surface area contributed by atoms with Gasteiger partial charge in [0.05, 0.1) is 44.0 Å². The summed E-state index contributed by atoms with van der Waals surface area (Å²) in [7, 11) is 3.27. The minimum atomic E-state index is -0.240. The topological polar surface area (TPSA) is 92.4 Å². The third kappa shape index (κ3) is 5.96. The number of carbonyl (C=O) groups is 1. The maximum atomic E-state index is 13.3. The summed E-state index contributed by atoms with van der Waals surface area (Å²) in [4.78, 5) is 15.8. The number of hydrogen-bond donors (Lipinski definition) is 1. The van der Waals surface area contributed by atoms with Crippen molar-refractivity contribution in [1.82, 2.24) is 20.0 Å². The second kappa shape index (κ2) is 12.1. The van der Waals surface area contributed by atoms with E-state index in [2.05, 4.69) is 16.3 Å². The van der Waals surface area contributed by atoms with Crippen LogP contribution in [0.15, 0.2) is 24.3 Å². The summed E-state index contributed by atoms with van der Waals surface area (Å²) in [6.45, 7) is 3.10. The second-order valence-electron chi connectivity index (χ2n) is 9.56. The van der Waals surface area contributed by atoms with Crippen molar-refractivity contribution in [2.75, 3.05) is 33.9 Å². The zero-order chi connectivity index (χ0) is 24.6. The Balaban J connectivity index is 1.59. The average Bonchev–Trinajstić information content (AvgIpc) is 3.57. The molecule has 1 aromatic carbocycles. The van der Waals surface area contributed by atoms with Gasteiger partial charge in [-0.05, 0) is 63.4 Å². The molecular weight excluding hydrogens is 442 g/mol. The van der Waals surface area contributed by atoms with Crippen molar-refractivity contribution in [3.05, 3.63) is 30.0 Å². The molecule has 1 aliphatic carbocycles. The van der Waals surface area contributed by atoms with Crippen LogP contribution in [0.25, 0.3) is 11.3 Å². The van der Waals surface area contributed by atoms with Crippen molar-refractivity contribution in [3.63, 3.8) is 0 Å². The molecule has 2 heterocycles. The number of rotatable bonds is 10. The number of aromatic nitrogens is 2. The lowest BCUT2D eigenvalue weighted by atomic mass is 10.1. The van der Waals surface area contributed by atoms with Gasteiger partial charge < -0.3 is 19.7 Å². The minimum absolute atomic E-state index is 0.199. The highest BCUT2D eigenvalue weighted by atomic mass is 16.5. The third-order valence-corrected chi connectivity index (χ3v) is 7.24. The van der Waals surface area contributed by atoms with E-state index in [9.17, 15) is 10.1 Å². The van der Waals surface area contributed by atoms with Gasteiger partial charge in [-0.25, -0.2) is 0 Å². The molecule has 1 unspecified atom stereocenters. The van der Waals surface area contributed by atoms with Gasteiger partial charge in [-0.3, -0.25) is 9.48 Å². The highest BCUT2D eigenvalue weighted by Crippen LogP contribution is 2.41. The molecular formula is C27H37N5O3. The zero-order valence-corrected chi connectivity index (χ0v) is 21.0. The first kappa shape index (κ1) is 25.1. The Morgan fingerprint density at radius 2 is 1.83 bits per heavy atom. The number of amides is 1. The molecule has 8 heteroatoms. The first-order chi connectivity index (χ1) is 17.1. The largest absolute Gasteiger partial charge is 0.496 e. The molecule has 1 amide bonds. The first-order valence-electron chi connectivity index (χ1n) is 12.9. The van der Waals surface area contributed by atoms with E-state index in [4.69, 9.17) is 14.6 Å². The van der Waals surface area contributed by atoms with Gasteiger partial charge in [0.1, 0.15) is 11.5 Å². The molecule has 0 radical (unpaired) electrons. The van der Waals surface area contributed by atoms with E-state index in [1.165, 1.54) is 19.3 Å². The number of nitriles is 1. The Morgan fingerprint density at radius 3 is 2.46 bits per heavy atom. The van der Waals surface area contributed by atoms with Crippen LogP contribution >= 0.6 is 0 Å². The van der Waals surface area contributed by atoms with E-state index >= 15 is 0 Å². The number of piperidine rings is 1. The van der Waals surface area contributed by atoms with Crippen LogP contribution < -0.4 is 14.8 Å². The van der Waals surface area contributed by atoms with E-state index in [0.717, 1.165) is 63.0 Å². The van der Waals surface area contributed by atoms with Crippen LogP contribution in [0.4, 0.5) is 0 Å². The molecule has 35 heavy (non-hydrogen) atoms. The molecule has 0 spiro atoms. The van der Waals surface area contributed by atoms with E-state index < -0.39 is 0 Å². The van der Waals surface area contributed by atoms with Gasteiger partial charge in [0, 0.05) is 12.6 Å². The molecule has 2 aromatic rings. The summed E-state index contributed by atoms with van der Waals surface area (Å²) in [5, 5.41) is 17.2. The molecule has 4 rings (SSSR count). The van der Waals surface area contributed by atoms with Crippen LogP contribution in [0.1, 0.15) is 74.3 Å². The Bertz CT molecular complexity index is 1010. The summed E-state index contributed by atoms with van der Waals surface area (Å²) in [5.74, 6) is 1.12. The third-order valence-electron chi connectivity index (χ3n) is 7.24. The van der Waals surface area contributed by atoms with Gasteiger partial charge in [-0.2, -0.15) is 10.4 Å². The molecule has 188 valence electrons. The van der Waals surface area contributed by atoms with Gasteiger partial charge in [0.2, 0.25) is 0 Å². The van der Waals surface area contributed by atoms with Crippen molar-refractivity contribution in [1.29, 1.82) is 5.26 Å². The number of benzene rings is 1. The number of methoxy groups -OCH3 is 2. The predicted molar refractivity (Wildman–Crippen MR) is 135 cm³/mol. The SMILES string of the molecule is COc1cccc(OC)c1-c1cc(C(=O)NC(CC#N)CCN2CCCCC2)nn1C1CCCC1. The van der Waals surface area contributed by atoms with Crippen LogP contribution in [-0.2, 0) is 0 Å². The lowest BCUT2D eigenvalue weighted by Crippen LogP contribution is -2.39. The smallest absolute Gasteiger partial charge is 0.272 e. The summed E-state index contributed by atoms with van der Waals surface area (Å²) in [6.07, 6.45) is 9.14. The van der Waals surface area contributed by atoms with Crippen LogP contribution in [-0.4, -0.2) is 60.5 Å². The monoisotopic (exact) mass is 479 g/mol. The predicted octanol–water partition coefficient (Wildman–Crippen LogP) is 4.57. The maximum absolute atomic E-state index is 13.3. The molecule has 1 saturated carbocycles. The molecule has 1 saturated heterocycles. The van der Waals surface area contributed by atoms with E-state index in [0.29, 0.717) is 17.2 Å². The molecule has 1 N–H and O–H groups in total. The molecule has 2 aliphatic rings. The first-order valence-corrected chi connectivity index (χ1v) is 12.9. The number of likely N-dealkylation sites (tertiary alicyclic amines) is 1. The van der Waals surface area contributed by atoms with Gasteiger partial charge in [-0.1, -0.05) is 25.3 Å². The summed E-state index contributed by atoms with van der Waals surface area (Å²) < 4.78 is 13.3. The highest BCUT2D eigenvalue weighted by Gasteiger charge is 2.28. The van der Waals surface area contributed by atoms with Crippen molar-refractivity contribution in [3.8, 4) is 28.8 Å². The lowest BCUT2D eigenvalue weighted by Gasteiger charge is -2.28. The van der Waals surface area contributed by atoms with Gasteiger partial charge in [0.15, 0.2) is 5.69 Å². The Kier molecular flexibility index (Phi) is 8.64. The summed E-state index contributed by atoms with van der Waals surface area (Å²) in [6, 6.07) is 9.79. The molecule has 1 atom stereocenters. The van der Waals surface area contributed by atoms with E-state index in [-0.39, 0.29) is 24.4 Å². The summed E-state index contributed by atoms with van der Waals surface area (Å²) >= 11 is 0. The fraction of sp³-hybridized carbons (Fsp3) is 0.593. The fourth-order valence-electron chi connectivity index (χ4n) is 5.34.